The van der Waals surface area contributed by atoms with E-state index in [0.29, 0.717) is 23.7 Å². The molecule has 0 aliphatic carbocycles. The van der Waals surface area contributed by atoms with Gasteiger partial charge in [0.05, 0.1) is 22.2 Å². The van der Waals surface area contributed by atoms with Gasteiger partial charge < -0.3 is 10.6 Å². The minimum absolute atomic E-state index is 0.0966. The largest absolute Gasteiger partial charge is 0.354 e. The Hall–Kier alpha value is -2.40. The summed E-state index contributed by atoms with van der Waals surface area (Å²) in [5.74, 6) is -0.557. The Bertz CT molecular complexity index is 720. The van der Waals surface area contributed by atoms with Crippen LogP contribution < -0.4 is 10.6 Å². The number of rotatable bonds is 7. The van der Waals surface area contributed by atoms with Crippen LogP contribution in [0.3, 0.4) is 0 Å². The molecular formula is C19H22ClN3O2. The van der Waals surface area contributed by atoms with Crippen LogP contribution in [0.25, 0.3) is 0 Å². The summed E-state index contributed by atoms with van der Waals surface area (Å²) in [6.07, 6.45) is 1.68. The van der Waals surface area contributed by atoms with Gasteiger partial charge >= 0.3 is 0 Å². The molecule has 0 saturated carbocycles. The van der Waals surface area contributed by atoms with Gasteiger partial charge in [-0.3, -0.25) is 14.6 Å². The van der Waals surface area contributed by atoms with Gasteiger partial charge in [-0.15, -0.1) is 0 Å². The van der Waals surface area contributed by atoms with Crippen molar-refractivity contribution in [3.63, 3.8) is 0 Å². The van der Waals surface area contributed by atoms with Crippen LogP contribution in [-0.2, 0) is 4.79 Å². The van der Waals surface area contributed by atoms with Crippen molar-refractivity contribution >= 4 is 23.4 Å². The fourth-order valence-electron chi connectivity index (χ4n) is 2.55. The molecule has 2 rings (SSSR count). The van der Waals surface area contributed by atoms with Crippen LogP contribution >= 0.6 is 11.6 Å². The van der Waals surface area contributed by atoms with Crippen LogP contribution in [0.15, 0.2) is 48.7 Å². The first-order valence-corrected chi connectivity index (χ1v) is 8.60. The van der Waals surface area contributed by atoms with Gasteiger partial charge in [-0.25, -0.2) is 0 Å². The molecule has 1 aromatic heterocycles. The third-order valence-corrected chi connectivity index (χ3v) is 4.11. The number of pyridine rings is 1. The molecule has 0 saturated heterocycles. The van der Waals surface area contributed by atoms with Crippen LogP contribution in [0.2, 0.25) is 5.02 Å². The van der Waals surface area contributed by atoms with Crippen molar-refractivity contribution in [1.29, 1.82) is 0 Å². The Morgan fingerprint density at radius 1 is 1.04 bits per heavy atom. The lowest BCUT2D eigenvalue weighted by Gasteiger charge is -2.19. The van der Waals surface area contributed by atoms with Gasteiger partial charge in [0.2, 0.25) is 5.91 Å². The maximum absolute atomic E-state index is 12.5. The van der Waals surface area contributed by atoms with Crippen molar-refractivity contribution in [2.24, 2.45) is 5.92 Å². The Morgan fingerprint density at radius 2 is 1.72 bits per heavy atom. The van der Waals surface area contributed by atoms with Crippen molar-refractivity contribution in [1.82, 2.24) is 15.6 Å². The van der Waals surface area contributed by atoms with E-state index < -0.39 is 0 Å². The molecule has 0 bridgehead atoms. The fourth-order valence-corrected chi connectivity index (χ4v) is 2.77. The molecular weight excluding hydrogens is 338 g/mol. The Kier molecular flexibility index (Phi) is 6.95. The first kappa shape index (κ1) is 18.9. The Labute approximate surface area is 152 Å². The summed E-state index contributed by atoms with van der Waals surface area (Å²) in [6.45, 7) is 4.63. The van der Waals surface area contributed by atoms with E-state index in [4.69, 9.17) is 11.6 Å². The molecule has 6 heteroatoms. The Morgan fingerprint density at radius 3 is 2.36 bits per heavy atom. The summed E-state index contributed by atoms with van der Waals surface area (Å²) in [6, 6.07) is 12.4. The first-order chi connectivity index (χ1) is 12.0. The summed E-state index contributed by atoms with van der Waals surface area (Å²) in [5.41, 5.74) is 1.17. The van der Waals surface area contributed by atoms with E-state index in [-0.39, 0.29) is 23.7 Å². The summed E-state index contributed by atoms with van der Waals surface area (Å²) < 4.78 is 0. The molecule has 2 aromatic rings. The minimum Gasteiger partial charge on any atom is -0.354 e. The second kappa shape index (κ2) is 9.18. The lowest BCUT2D eigenvalue weighted by Crippen LogP contribution is -2.38. The van der Waals surface area contributed by atoms with Gasteiger partial charge in [0.15, 0.2) is 0 Å². The lowest BCUT2D eigenvalue weighted by atomic mass is 9.91. The van der Waals surface area contributed by atoms with Crippen molar-refractivity contribution < 1.29 is 9.59 Å². The number of carbonyl (C=O) groups excluding carboxylic acids is 2. The molecule has 1 atom stereocenters. The number of hydrogen-bond acceptors (Lipinski definition) is 3. The second-order valence-electron chi connectivity index (χ2n) is 6.00. The summed E-state index contributed by atoms with van der Waals surface area (Å²) in [4.78, 5) is 28.8. The number of nitrogens with zero attached hydrogens (tertiary/aromatic N) is 1. The third-order valence-electron chi connectivity index (χ3n) is 3.78. The highest BCUT2D eigenvalue weighted by molar-refractivity contribution is 6.33. The van der Waals surface area contributed by atoms with Gasteiger partial charge in [0, 0.05) is 19.3 Å². The van der Waals surface area contributed by atoms with Crippen LogP contribution in [0.5, 0.6) is 0 Å². The number of carbonyl (C=O) groups is 2. The smallest absolute Gasteiger partial charge is 0.252 e. The quantitative estimate of drug-likeness (QED) is 0.746. The molecule has 0 spiro atoms. The second-order valence-corrected chi connectivity index (χ2v) is 6.41. The van der Waals surface area contributed by atoms with Gasteiger partial charge in [0.25, 0.3) is 5.91 Å². The summed E-state index contributed by atoms with van der Waals surface area (Å²) >= 11 is 5.99. The predicted octanol–water partition coefficient (Wildman–Crippen LogP) is 3.02. The highest BCUT2D eigenvalue weighted by Gasteiger charge is 2.24. The maximum atomic E-state index is 12.5. The van der Waals surface area contributed by atoms with E-state index >= 15 is 0 Å². The fraction of sp³-hybridized carbons (Fsp3) is 0.316. The summed E-state index contributed by atoms with van der Waals surface area (Å²) in [7, 11) is 0. The maximum Gasteiger partial charge on any atom is 0.252 e. The van der Waals surface area contributed by atoms with Crippen molar-refractivity contribution in [2.45, 2.75) is 19.8 Å². The third kappa shape index (κ3) is 5.29. The van der Waals surface area contributed by atoms with E-state index in [1.54, 1.807) is 30.5 Å². The highest BCUT2D eigenvalue weighted by Crippen LogP contribution is 2.22. The monoisotopic (exact) mass is 359 g/mol. The van der Waals surface area contributed by atoms with Crippen LogP contribution in [0.4, 0.5) is 0 Å². The molecule has 25 heavy (non-hydrogen) atoms. The van der Waals surface area contributed by atoms with Gasteiger partial charge in [0.1, 0.15) is 0 Å². The zero-order chi connectivity index (χ0) is 18.2. The minimum atomic E-state index is -0.319. The molecule has 0 aliphatic rings. The molecule has 0 aliphatic heterocycles. The molecule has 0 fully saturated rings. The first-order valence-electron chi connectivity index (χ1n) is 8.22. The number of aromatic nitrogens is 1. The topological polar surface area (TPSA) is 71.1 Å². The van der Waals surface area contributed by atoms with Gasteiger partial charge in [-0.2, -0.15) is 0 Å². The van der Waals surface area contributed by atoms with Crippen LogP contribution in [-0.4, -0.2) is 29.9 Å². The number of benzene rings is 1. The Balaban J connectivity index is 1.85. The zero-order valence-corrected chi connectivity index (χ0v) is 15.1. The summed E-state index contributed by atoms with van der Waals surface area (Å²) in [5, 5.41) is 6.01. The van der Waals surface area contributed by atoms with Crippen LogP contribution in [0.1, 0.15) is 35.8 Å². The number of hydrogen-bond donors (Lipinski definition) is 2. The molecule has 2 amide bonds. The lowest BCUT2D eigenvalue weighted by molar-refractivity contribution is -0.123. The molecule has 0 radical (unpaired) electrons. The predicted molar refractivity (Wildman–Crippen MR) is 98.6 cm³/mol. The number of nitrogens with one attached hydrogen (secondary N) is 2. The highest BCUT2D eigenvalue weighted by atomic mass is 35.5. The van der Waals surface area contributed by atoms with Gasteiger partial charge in [-0.1, -0.05) is 43.6 Å². The molecule has 2 N–H and O–H groups in total. The van der Waals surface area contributed by atoms with Crippen molar-refractivity contribution in [2.75, 3.05) is 13.1 Å². The van der Waals surface area contributed by atoms with Crippen molar-refractivity contribution in [3.8, 4) is 0 Å². The standard InChI is InChI=1S/C19H22ClN3O2/c1-13(2)17(16-9-5-6-10-21-16)19(25)23-12-11-22-18(24)14-7-3-4-8-15(14)20/h3-10,13,17H,11-12H2,1-2H3,(H,22,24)(H,23,25). The molecule has 1 unspecified atom stereocenters. The number of halogens is 1. The van der Waals surface area contributed by atoms with E-state index in [9.17, 15) is 9.59 Å². The average molecular weight is 360 g/mol. The van der Waals surface area contributed by atoms with E-state index in [2.05, 4.69) is 15.6 Å². The molecule has 5 nitrogen and oxygen atoms in total. The van der Waals surface area contributed by atoms with Crippen LogP contribution in [0, 0.1) is 5.92 Å². The van der Waals surface area contributed by atoms with Gasteiger partial charge in [-0.05, 0) is 30.2 Å². The van der Waals surface area contributed by atoms with Crippen molar-refractivity contribution in [3.05, 3.63) is 64.9 Å². The normalized spacial score (nSPS) is 11.8. The van der Waals surface area contributed by atoms with E-state index in [0.717, 1.165) is 5.69 Å². The zero-order valence-electron chi connectivity index (χ0n) is 14.3. The molecule has 1 aromatic carbocycles. The molecule has 132 valence electrons. The average Bonchev–Trinajstić information content (AvgIpc) is 2.59. The van der Waals surface area contributed by atoms with E-state index in [1.165, 1.54) is 0 Å². The van der Waals surface area contributed by atoms with E-state index in [1.807, 2.05) is 32.0 Å². The number of amides is 2. The molecule has 1 heterocycles. The SMILES string of the molecule is CC(C)C(C(=O)NCCNC(=O)c1ccccc1Cl)c1ccccn1.